The number of carbonyl (C=O) groups is 3. The number of unbranched alkanes of at least 4 members (excludes halogenated alkanes) is 4. The number of benzene rings is 2. The Labute approximate surface area is 298 Å². The maximum atomic E-state index is 13.9. The van der Waals surface area contributed by atoms with E-state index in [-0.39, 0.29) is 40.8 Å². The zero-order valence-electron chi connectivity index (χ0n) is 29.9. The van der Waals surface area contributed by atoms with E-state index in [9.17, 15) is 33.8 Å². The first-order chi connectivity index (χ1) is 23.9. The van der Waals surface area contributed by atoms with E-state index in [1.54, 1.807) is 18.2 Å². The molecule has 0 unspecified atom stereocenters. The number of ketones is 1. The summed E-state index contributed by atoms with van der Waals surface area (Å²) in [6.45, 7) is 11.1. The van der Waals surface area contributed by atoms with E-state index in [0.717, 1.165) is 41.1 Å². The smallest absolute Gasteiger partial charge is 0.356 e. The number of aliphatic carboxylic acids is 2. The molecule has 0 fully saturated rings. The Bertz CT molecular complexity index is 1960. The van der Waals surface area contributed by atoms with Crippen LogP contribution in [0, 0.1) is 6.92 Å². The van der Waals surface area contributed by atoms with Gasteiger partial charge >= 0.3 is 19.5 Å². The number of nitrogens with zero attached hydrogens (tertiary/aromatic N) is 2. The van der Waals surface area contributed by atoms with Gasteiger partial charge in [-0.3, -0.25) is 18.9 Å². The van der Waals surface area contributed by atoms with E-state index >= 15 is 0 Å². The molecule has 0 saturated heterocycles. The minimum absolute atomic E-state index is 0.0590. The van der Waals surface area contributed by atoms with Crippen molar-refractivity contribution >= 4 is 47.7 Å². The van der Waals surface area contributed by atoms with Crippen molar-refractivity contribution in [3.8, 4) is 0 Å². The number of rotatable bonds is 15. The van der Waals surface area contributed by atoms with Gasteiger partial charge in [-0.25, -0.2) is 0 Å². The summed E-state index contributed by atoms with van der Waals surface area (Å²) in [5.74, 6) is -2.13. The van der Waals surface area contributed by atoms with Gasteiger partial charge in [0.1, 0.15) is 12.3 Å². The van der Waals surface area contributed by atoms with Crippen molar-refractivity contribution in [2.75, 3.05) is 18.0 Å². The molecule has 0 aromatic heterocycles. The van der Waals surface area contributed by atoms with Gasteiger partial charge in [0, 0.05) is 60.3 Å². The number of fused-ring (bicyclic) bond motifs is 2. The highest BCUT2D eigenvalue weighted by Crippen LogP contribution is 2.50. The Kier molecular flexibility index (Phi) is 10.7. The average Bonchev–Trinajstić information content (AvgIpc) is 3.38. The summed E-state index contributed by atoms with van der Waals surface area (Å²) in [5, 5.41) is 29.5. The number of aliphatic hydroxyl groups is 1. The summed E-state index contributed by atoms with van der Waals surface area (Å²) >= 11 is 0. The second-order valence-corrected chi connectivity index (χ2v) is 16.4. The predicted molar refractivity (Wildman–Crippen MR) is 196 cm³/mol. The Morgan fingerprint density at radius 3 is 2.10 bits per heavy atom. The van der Waals surface area contributed by atoms with Crippen LogP contribution >= 0.6 is 7.60 Å². The van der Waals surface area contributed by atoms with Crippen LogP contribution in [0.5, 0.6) is 0 Å². The van der Waals surface area contributed by atoms with Crippen LogP contribution in [0.15, 0.2) is 71.2 Å². The second kappa shape index (κ2) is 14.4. The molecule has 5 N–H and O–H groups in total. The summed E-state index contributed by atoms with van der Waals surface area (Å²) < 4.78 is 14.3. The highest BCUT2D eigenvalue weighted by Gasteiger charge is 2.47. The third-order valence-corrected chi connectivity index (χ3v) is 11.3. The monoisotopic (exact) mass is 719 g/mol. The standard InChI is InChI=1S/C39H47N2O9P/c1-24-14-16-30-28(20-24)38(2,3)32(40(30)18-10-6-8-12-34(42)43)22-26-36(46)27(37(26)47)23-33-39(4,5)29-21-25(51(48,49)50)15-17-31(29)41(33)19-11-7-9-13-35(44)45/h14-17,20-23H,6-13,18-19H2,1-5H3,(H4-,42,43,44,45,46,47,48,49,50)/p+1. The average molecular weight is 720 g/mol. The number of hydrogen-bond donors (Lipinski definition) is 5. The van der Waals surface area contributed by atoms with Gasteiger partial charge in [0.2, 0.25) is 11.5 Å². The molecule has 51 heavy (non-hydrogen) atoms. The van der Waals surface area contributed by atoms with E-state index in [2.05, 4.69) is 30.6 Å². The van der Waals surface area contributed by atoms with Crippen molar-refractivity contribution in [2.45, 2.75) is 96.8 Å². The van der Waals surface area contributed by atoms with Crippen molar-refractivity contribution in [3.63, 3.8) is 0 Å². The van der Waals surface area contributed by atoms with Crippen molar-refractivity contribution in [2.24, 2.45) is 0 Å². The minimum Gasteiger partial charge on any atom is -0.506 e. The fraction of sp³-hybridized carbons (Fsp3) is 0.436. The van der Waals surface area contributed by atoms with Gasteiger partial charge < -0.3 is 30.0 Å². The Balaban J connectivity index is 1.52. The lowest BCUT2D eigenvalue weighted by molar-refractivity contribution is -0.438. The number of carbonyl (C=O) groups excluding carboxylic acids is 1. The lowest BCUT2D eigenvalue weighted by Crippen LogP contribution is -2.32. The molecule has 5 rings (SSSR count). The van der Waals surface area contributed by atoms with Gasteiger partial charge in [-0.15, -0.1) is 0 Å². The van der Waals surface area contributed by atoms with Gasteiger partial charge in [-0.2, -0.15) is 4.58 Å². The molecule has 272 valence electrons. The number of aryl methyl sites for hydroxylation is 1. The number of Topliss-reactive ketones (excluding diaryl/α,β-unsaturated/α-hetero) is 1. The van der Waals surface area contributed by atoms with Crippen LogP contribution in [-0.4, -0.2) is 66.2 Å². The van der Waals surface area contributed by atoms with Crippen LogP contribution in [0.25, 0.3) is 0 Å². The molecule has 2 heterocycles. The highest BCUT2D eigenvalue weighted by atomic mass is 31.2. The molecule has 3 aliphatic rings. The minimum atomic E-state index is -4.54. The summed E-state index contributed by atoms with van der Waals surface area (Å²) in [6.07, 6.45) is 7.48. The maximum Gasteiger partial charge on any atom is 0.356 e. The fourth-order valence-corrected chi connectivity index (χ4v) is 8.03. The van der Waals surface area contributed by atoms with E-state index in [1.165, 1.54) is 12.1 Å². The number of aliphatic hydroxyl groups excluding tert-OH is 1. The largest absolute Gasteiger partial charge is 0.506 e. The molecular formula is C39H48N2O9P+. The zero-order valence-corrected chi connectivity index (χ0v) is 30.8. The summed E-state index contributed by atoms with van der Waals surface area (Å²) in [4.78, 5) is 57.8. The van der Waals surface area contributed by atoms with Crippen molar-refractivity contribution in [1.82, 2.24) is 0 Å². The second-order valence-electron chi connectivity index (χ2n) is 14.8. The molecule has 0 radical (unpaired) electrons. The first kappa shape index (κ1) is 37.9. The van der Waals surface area contributed by atoms with Crippen LogP contribution in [0.2, 0.25) is 0 Å². The van der Waals surface area contributed by atoms with E-state index in [1.807, 2.05) is 31.7 Å². The number of allylic oxidation sites excluding steroid dienone is 5. The van der Waals surface area contributed by atoms with E-state index in [0.29, 0.717) is 50.0 Å². The van der Waals surface area contributed by atoms with Gasteiger partial charge in [0.05, 0.1) is 21.9 Å². The molecule has 2 aliphatic heterocycles. The number of carboxylic acid groups (broad SMARTS) is 2. The lowest BCUT2D eigenvalue weighted by Gasteiger charge is -2.29. The molecule has 0 amide bonds. The van der Waals surface area contributed by atoms with Gasteiger partial charge in [0.15, 0.2) is 5.71 Å². The molecule has 0 bridgehead atoms. The number of anilines is 1. The molecule has 0 saturated carbocycles. The summed E-state index contributed by atoms with van der Waals surface area (Å²) in [7, 11) is -4.54. The van der Waals surface area contributed by atoms with Crippen LogP contribution in [-0.2, 0) is 29.8 Å². The Hall–Kier alpha value is -4.31. The molecule has 2 aromatic carbocycles. The van der Waals surface area contributed by atoms with Crippen LogP contribution in [0.1, 0.15) is 95.8 Å². The maximum absolute atomic E-state index is 13.9. The molecule has 0 spiro atoms. The van der Waals surface area contributed by atoms with Crippen LogP contribution in [0.3, 0.4) is 0 Å². The lowest BCUT2D eigenvalue weighted by atomic mass is 9.77. The van der Waals surface area contributed by atoms with E-state index < -0.39 is 30.4 Å². The third-order valence-electron chi connectivity index (χ3n) is 10.4. The molecular weight excluding hydrogens is 671 g/mol. The van der Waals surface area contributed by atoms with E-state index in [4.69, 9.17) is 10.2 Å². The van der Waals surface area contributed by atoms with Crippen molar-refractivity contribution in [3.05, 3.63) is 87.8 Å². The quantitative estimate of drug-likeness (QED) is 0.0594. The van der Waals surface area contributed by atoms with Crippen molar-refractivity contribution < 1.29 is 48.6 Å². The Morgan fingerprint density at radius 2 is 1.49 bits per heavy atom. The molecule has 2 aromatic rings. The summed E-state index contributed by atoms with van der Waals surface area (Å²) in [6, 6.07) is 10.8. The highest BCUT2D eigenvalue weighted by molar-refractivity contribution is 7.60. The normalized spacial score (nSPS) is 19.2. The predicted octanol–water partition coefficient (Wildman–Crippen LogP) is 6.47. The van der Waals surface area contributed by atoms with Crippen LogP contribution < -0.4 is 10.2 Å². The molecule has 12 heteroatoms. The van der Waals surface area contributed by atoms with Gasteiger partial charge in [-0.05, 0) is 82.4 Å². The van der Waals surface area contributed by atoms with Crippen molar-refractivity contribution in [1.29, 1.82) is 0 Å². The van der Waals surface area contributed by atoms with Gasteiger partial charge in [0.25, 0.3) is 0 Å². The summed E-state index contributed by atoms with van der Waals surface area (Å²) in [5.41, 5.74) is 5.28. The number of hydrogen-bond acceptors (Lipinski definition) is 6. The SMILES string of the molecule is Cc1ccc2c(c1)C(C)(C)C(/C=C1\C(=O)C(/C=C3/N(CCCCCC(=O)O)c4ccc(P(=O)(O)O)cc4C3(C)C)=C1O)=[N+]2CCCCCC(=O)O. The molecule has 1 aliphatic carbocycles. The number of carboxylic acids is 2. The zero-order chi connectivity index (χ0) is 37.5. The first-order valence-electron chi connectivity index (χ1n) is 17.5. The molecule has 0 atom stereocenters. The Morgan fingerprint density at radius 1 is 0.843 bits per heavy atom. The molecule has 11 nitrogen and oxygen atoms in total. The third kappa shape index (κ3) is 7.52. The first-order valence-corrected chi connectivity index (χ1v) is 19.1. The topological polar surface area (TPSA) is 176 Å². The van der Waals surface area contributed by atoms with Crippen LogP contribution in [0.4, 0.5) is 11.4 Å². The van der Waals surface area contributed by atoms with Gasteiger partial charge in [-0.1, -0.05) is 31.9 Å². The fourth-order valence-electron chi connectivity index (χ4n) is 7.47.